The Morgan fingerprint density at radius 1 is 1.32 bits per heavy atom. The predicted octanol–water partition coefficient (Wildman–Crippen LogP) is 3.45. The zero-order chi connectivity index (χ0) is 16.5. The van der Waals surface area contributed by atoms with Crippen LogP contribution in [0.25, 0.3) is 5.69 Å². The van der Waals surface area contributed by atoms with E-state index in [9.17, 15) is 18.0 Å². The van der Waals surface area contributed by atoms with Gasteiger partial charge in [-0.1, -0.05) is 6.07 Å². The van der Waals surface area contributed by atoms with Gasteiger partial charge in [-0.05, 0) is 25.1 Å². The second-order valence-corrected chi connectivity index (χ2v) is 6.04. The average Bonchev–Trinajstić information content (AvgIpc) is 2.78. The van der Waals surface area contributed by atoms with Crippen LogP contribution in [0.3, 0.4) is 0 Å². The van der Waals surface area contributed by atoms with Crippen molar-refractivity contribution in [2.24, 2.45) is 4.99 Å². The Hall–Kier alpha value is -2.09. The van der Waals surface area contributed by atoms with E-state index in [4.69, 9.17) is 0 Å². The Labute approximate surface area is 129 Å². The lowest BCUT2D eigenvalue weighted by molar-refractivity contribution is -0.137. The maximum absolute atomic E-state index is 12.8. The molecule has 4 nitrogen and oxygen atoms in total. The van der Waals surface area contributed by atoms with Crippen LogP contribution in [0.2, 0.25) is 0 Å². The summed E-state index contributed by atoms with van der Waals surface area (Å²) in [5.41, 5.74) is -0.435. The SMILES string of the molecule is Cc1cn(-c2cccc(C(F)(F)F)c2)c(=NC(=O)N(C)C)s1. The number of carbonyl (C=O) groups is 1. The van der Waals surface area contributed by atoms with E-state index in [1.807, 2.05) is 0 Å². The van der Waals surface area contributed by atoms with Gasteiger partial charge in [0.05, 0.1) is 5.56 Å². The van der Waals surface area contributed by atoms with E-state index in [-0.39, 0.29) is 0 Å². The van der Waals surface area contributed by atoms with Crippen molar-refractivity contribution in [1.29, 1.82) is 0 Å². The number of hydrogen-bond acceptors (Lipinski definition) is 2. The molecular weight excluding hydrogens is 315 g/mol. The van der Waals surface area contributed by atoms with E-state index in [0.717, 1.165) is 17.0 Å². The van der Waals surface area contributed by atoms with Crippen LogP contribution >= 0.6 is 11.3 Å². The smallest absolute Gasteiger partial charge is 0.329 e. The largest absolute Gasteiger partial charge is 0.416 e. The number of halogens is 3. The maximum Gasteiger partial charge on any atom is 0.416 e. The fourth-order valence-electron chi connectivity index (χ4n) is 1.73. The molecule has 8 heteroatoms. The minimum absolute atomic E-state index is 0.310. The van der Waals surface area contributed by atoms with E-state index >= 15 is 0 Å². The van der Waals surface area contributed by atoms with Gasteiger partial charge >= 0.3 is 12.2 Å². The molecule has 118 valence electrons. The molecule has 0 aliphatic rings. The molecule has 2 rings (SSSR count). The Kier molecular flexibility index (Phi) is 4.41. The molecule has 0 atom stereocenters. The zero-order valence-corrected chi connectivity index (χ0v) is 13.0. The van der Waals surface area contributed by atoms with Gasteiger partial charge in [-0.15, -0.1) is 11.3 Å². The summed E-state index contributed by atoms with van der Waals surface area (Å²) in [7, 11) is 3.11. The van der Waals surface area contributed by atoms with E-state index in [2.05, 4.69) is 4.99 Å². The fraction of sp³-hybridized carbons (Fsp3) is 0.286. The van der Waals surface area contributed by atoms with Gasteiger partial charge in [-0.2, -0.15) is 18.2 Å². The lowest BCUT2D eigenvalue weighted by Crippen LogP contribution is -2.22. The summed E-state index contributed by atoms with van der Waals surface area (Å²) in [5.74, 6) is 0. The number of rotatable bonds is 1. The summed E-state index contributed by atoms with van der Waals surface area (Å²) in [6.45, 7) is 1.80. The number of alkyl halides is 3. The molecule has 1 aromatic carbocycles. The van der Waals surface area contributed by atoms with E-state index in [1.54, 1.807) is 33.3 Å². The number of nitrogens with zero attached hydrogens (tertiary/aromatic N) is 3. The van der Waals surface area contributed by atoms with E-state index in [1.165, 1.54) is 26.9 Å². The molecule has 0 fully saturated rings. The molecule has 0 saturated heterocycles. The molecule has 0 N–H and O–H groups in total. The third kappa shape index (κ3) is 3.56. The number of aryl methyl sites for hydroxylation is 1. The topological polar surface area (TPSA) is 37.6 Å². The van der Waals surface area contributed by atoms with Gasteiger partial charge < -0.3 is 4.90 Å². The summed E-state index contributed by atoms with van der Waals surface area (Å²) in [6, 6.07) is 4.44. The van der Waals surface area contributed by atoms with Crippen LogP contribution in [0, 0.1) is 6.92 Å². The van der Waals surface area contributed by atoms with E-state index in [0.29, 0.717) is 10.5 Å². The van der Waals surface area contributed by atoms with Crippen molar-refractivity contribution < 1.29 is 18.0 Å². The second-order valence-electron chi connectivity index (χ2n) is 4.83. The molecule has 0 radical (unpaired) electrons. The fourth-order valence-corrected chi connectivity index (χ4v) is 2.56. The highest BCUT2D eigenvalue weighted by Gasteiger charge is 2.30. The minimum atomic E-state index is -4.42. The van der Waals surface area contributed by atoms with E-state index < -0.39 is 17.8 Å². The van der Waals surface area contributed by atoms with Crippen LogP contribution in [-0.4, -0.2) is 29.6 Å². The van der Waals surface area contributed by atoms with Crippen molar-refractivity contribution in [2.45, 2.75) is 13.1 Å². The molecule has 2 aromatic rings. The molecule has 0 unspecified atom stereocenters. The van der Waals surface area contributed by atoms with Gasteiger partial charge in [0.15, 0.2) is 4.80 Å². The lowest BCUT2D eigenvalue weighted by Gasteiger charge is -2.09. The molecule has 0 spiro atoms. The van der Waals surface area contributed by atoms with Crippen molar-refractivity contribution in [2.75, 3.05) is 14.1 Å². The molecule has 1 heterocycles. The number of amides is 2. The van der Waals surface area contributed by atoms with Crippen LogP contribution in [0.15, 0.2) is 35.5 Å². The van der Waals surface area contributed by atoms with Gasteiger partial charge in [0.25, 0.3) is 0 Å². The first-order chi connectivity index (χ1) is 10.2. The standard InChI is InChI=1S/C14H14F3N3OS/c1-9-8-20(13(22-9)18-12(21)19(2)3)11-6-4-5-10(7-11)14(15,16)17/h4-8H,1-3H3. The molecular formula is C14H14F3N3OS. The molecule has 0 saturated carbocycles. The Bertz CT molecular complexity index is 759. The van der Waals surface area contributed by atoms with Crippen LogP contribution < -0.4 is 4.80 Å². The second kappa shape index (κ2) is 5.96. The Morgan fingerprint density at radius 2 is 2.00 bits per heavy atom. The summed E-state index contributed by atoms with van der Waals surface area (Å²) < 4.78 is 39.9. The van der Waals surface area contributed by atoms with Crippen molar-refractivity contribution in [3.63, 3.8) is 0 Å². The van der Waals surface area contributed by atoms with Crippen molar-refractivity contribution >= 4 is 17.4 Å². The summed E-state index contributed by atoms with van der Waals surface area (Å²) in [6.07, 6.45) is -2.76. The molecule has 1 aromatic heterocycles. The average molecular weight is 329 g/mol. The number of aromatic nitrogens is 1. The molecule has 0 aliphatic carbocycles. The van der Waals surface area contributed by atoms with Gasteiger partial charge in [0.2, 0.25) is 0 Å². The Morgan fingerprint density at radius 3 is 2.59 bits per heavy atom. The first-order valence-electron chi connectivity index (χ1n) is 6.31. The van der Waals surface area contributed by atoms with Crippen LogP contribution in [0.5, 0.6) is 0 Å². The van der Waals surface area contributed by atoms with Gasteiger partial charge in [0, 0.05) is 30.9 Å². The third-order valence-electron chi connectivity index (χ3n) is 2.79. The highest BCUT2D eigenvalue weighted by atomic mass is 32.1. The first-order valence-corrected chi connectivity index (χ1v) is 7.13. The van der Waals surface area contributed by atoms with Crippen LogP contribution in [0.4, 0.5) is 18.0 Å². The quantitative estimate of drug-likeness (QED) is 0.789. The highest BCUT2D eigenvalue weighted by molar-refractivity contribution is 7.09. The lowest BCUT2D eigenvalue weighted by atomic mass is 10.2. The summed E-state index contributed by atoms with van der Waals surface area (Å²) >= 11 is 1.24. The van der Waals surface area contributed by atoms with Crippen molar-refractivity contribution in [3.05, 3.63) is 45.7 Å². The number of thiazole rings is 1. The normalized spacial score (nSPS) is 12.5. The number of urea groups is 1. The number of carbonyl (C=O) groups excluding carboxylic acids is 1. The van der Waals surface area contributed by atoms with Gasteiger partial charge in [-0.3, -0.25) is 4.57 Å². The number of benzene rings is 1. The zero-order valence-electron chi connectivity index (χ0n) is 12.2. The van der Waals surface area contributed by atoms with Gasteiger partial charge in [-0.25, -0.2) is 4.79 Å². The molecule has 22 heavy (non-hydrogen) atoms. The van der Waals surface area contributed by atoms with Gasteiger partial charge in [0.1, 0.15) is 0 Å². The molecule has 0 bridgehead atoms. The summed E-state index contributed by atoms with van der Waals surface area (Å²) in [5, 5.41) is 0. The first kappa shape index (κ1) is 16.3. The number of hydrogen-bond donors (Lipinski definition) is 0. The van der Waals surface area contributed by atoms with Crippen LogP contribution in [-0.2, 0) is 6.18 Å². The molecule has 2 amide bonds. The third-order valence-corrected chi connectivity index (χ3v) is 3.69. The Balaban J connectivity index is 2.57. The highest BCUT2D eigenvalue weighted by Crippen LogP contribution is 2.30. The monoisotopic (exact) mass is 329 g/mol. The van der Waals surface area contributed by atoms with Crippen molar-refractivity contribution in [1.82, 2.24) is 9.47 Å². The van der Waals surface area contributed by atoms with Crippen molar-refractivity contribution in [3.8, 4) is 5.69 Å². The maximum atomic E-state index is 12.8. The molecule has 0 aliphatic heterocycles. The predicted molar refractivity (Wildman–Crippen MR) is 78.0 cm³/mol. The minimum Gasteiger partial charge on any atom is -0.329 e. The van der Waals surface area contributed by atoms with Crippen LogP contribution in [0.1, 0.15) is 10.4 Å². The summed E-state index contributed by atoms with van der Waals surface area (Å²) in [4.78, 5) is 18.1.